The van der Waals surface area contributed by atoms with Gasteiger partial charge < -0.3 is 15.2 Å². The zero-order valence-corrected chi connectivity index (χ0v) is 10.8. The topological polar surface area (TPSA) is 83.0 Å². The van der Waals surface area contributed by atoms with Crippen molar-refractivity contribution < 1.29 is 19.1 Å². The number of carbonyl (C=O) groups excluding carboxylic acids is 2. The fourth-order valence-electron chi connectivity index (χ4n) is 1.33. The fourth-order valence-corrected chi connectivity index (χ4v) is 1.33. The summed E-state index contributed by atoms with van der Waals surface area (Å²) in [6, 6.07) is 8.47. The van der Waals surface area contributed by atoms with Crippen LogP contribution in [0.1, 0.15) is 12.5 Å². The van der Waals surface area contributed by atoms with Gasteiger partial charge in [0.1, 0.15) is 12.6 Å². The highest BCUT2D eigenvalue weighted by Crippen LogP contribution is 2.04. The Hall–Kier alpha value is -2.46. The van der Waals surface area contributed by atoms with Crippen molar-refractivity contribution in [2.75, 3.05) is 7.05 Å². The minimum Gasteiger partial charge on any atom is -0.445 e. The molecule has 0 heterocycles. The molecule has 1 rings (SSSR count). The van der Waals surface area contributed by atoms with Gasteiger partial charge in [-0.1, -0.05) is 30.3 Å². The van der Waals surface area contributed by atoms with Crippen molar-refractivity contribution >= 4 is 18.1 Å². The molecule has 1 aromatic rings. The number of ketones is 1. The maximum atomic E-state index is 11.7. The first-order valence-electron chi connectivity index (χ1n) is 5.71. The molecule has 6 nitrogen and oxygen atoms in total. The van der Waals surface area contributed by atoms with Crippen molar-refractivity contribution in [2.45, 2.75) is 19.6 Å². The molecule has 100 valence electrons. The molecule has 0 saturated heterocycles. The van der Waals surface area contributed by atoms with Gasteiger partial charge in [-0.25, -0.2) is 4.79 Å². The Labute approximate surface area is 111 Å². The van der Waals surface area contributed by atoms with Crippen molar-refractivity contribution in [2.24, 2.45) is 0 Å². The van der Waals surface area contributed by atoms with Crippen LogP contribution >= 0.6 is 0 Å². The maximum Gasteiger partial charge on any atom is 0.410 e. The number of benzene rings is 1. The van der Waals surface area contributed by atoms with Gasteiger partial charge in [-0.15, -0.1) is 0 Å². The highest BCUT2D eigenvalue weighted by molar-refractivity contribution is 6.27. The lowest BCUT2D eigenvalue weighted by atomic mass is 10.2. The molecular weight excluding hydrogens is 246 g/mol. The van der Waals surface area contributed by atoms with E-state index in [0.717, 1.165) is 16.7 Å². The predicted octanol–water partition coefficient (Wildman–Crippen LogP) is 1.51. The van der Waals surface area contributed by atoms with E-state index >= 15 is 0 Å². The molecule has 0 N–H and O–H groups in total. The summed E-state index contributed by atoms with van der Waals surface area (Å²) in [6.07, 6.45) is 0.141. The molecule has 0 unspecified atom stereocenters. The van der Waals surface area contributed by atoms with Gasteiger partial charge in [0, 0.05) is 7.05 Å². The zero-order valence-electron chi connectivity index (χ0n) is 10.8. The van der Waals surface area contributed by atoms with Crippen molar-refractivity contribution in [3.8, 4) is 0 Å². The number of nitrogens with zero attached hydrogens (tertiary/aromatic N) is 3. The first-order valence-corrected chi connectivity index (χ1v) is 5.71. The third-order valence-corrected chi connectivity index (χ3v) is 2.67. The fraction of sp³-hybridized carbons (Fsp3) is 0.308. The van der Waals surface area contributed by atoms with Crippen LogP contribution in [0, 0.1) is 0 Å². The average molecular weight is 261 g/mol. The Bertz CT molecular complexity index is 495. The number of Topliss-reactive ketones (excluding diaryl/α,β-unsaturated/α-hetero) is 1. The van der Waals surface area contributed by atoms with Gasteiger partial charge in [0.2, 0.25) is 0 Å². The summed E-state index contributed by atoms with van der Waals surface area (Å²) in [5.41, 5.74) is 9.13. The van der Waals surface area contributed by atoms with Gasteiger partial charge in [-0.05, 0) is 12.5 Å². The van der Waals surface area contributed by atoms with Crippen molar-refractivity contribution in [3.63, 3.8) is 0 Å². The molecule has 0 saturated carbocycles. The van der Waals surface area contributed by atoms with Gasteiger partial charge in [-0.2, -0.15) is 4.79 Å². The highest BCUT2D eigenvalue weighted by atomic mass is 16.6. The number of likely N-dealkylation sites (N-methyl/N-ethyl adjacent to an activating group) is 1. The summed E-state index contributed by atoms with van der Waals surface area (Å²) in [7, 11) is 1.45. The van der Waals surface area contributed by atoms with E-state index in [4.69, 9.17) is 10.3 Å². The summed E-state index contributed by atoms with van der Waals surface area (Å²) in [5.74, 6) is -0.485. The average Bonchev–Trinajstić information content (AvgIpc) is 2.44. The number of rotatable bonds is 5. The van der Waals surface area contributed by atoms with E-state index in [1.807, 2.05) is 30.3 Å². The van der Waals surface area contributed by atoms with E-state index in [0.29, 0.717) is 0 Å². The second-order valence-corrected chi connectivity index (χ2v) is 3.97. The lowest BCUT2D eigenvalue weighted by Gasteiger charge is -2.20. The van der Waals surface area contributed by atoms with Crippen LogP contribution in [0.4, 0.5) is 4.79 Å². The minimum absolute atomic E-state index is 0.138. The van der Waals surface area contributed by atoms with E-state index in [-0.39, 0.29) is 6.61 Å². The smallest absolute Gasteiger partial charge is 0.410 e. The molecule has 0 fully saturated rings. The molecule has 19 heavy (non-hydrogen) atoms. The lowest BCUT2D eigenvalue weighted by molar-refractivity contribution is -0.119. The van der Waals surface area contributed by atoms with Gasteiger partial charge in [0.15, 0.2) is 0 Å². The molecule has 1 amide bonds. The van der Waals surface area contributed by atoms with Gasteiger partial charge in [-0.3, -0.25) is 4.79 Å². The van der Waals surface area contributed by atoms with Crippen molar-refractivity contribution in [1.82, 2.24) is 4.90 Å². The van der Waals surface area contributed by atoms with E-state index in [9.17, 15) is 9.59 Å². The second kappa shape index (κ2) is 7.08. The van der Waals surface area contributed by atoms with Gasteiger partial charge in [0.05, 0.1) is 0 Å². The molecule has 0 aromatic heterocycles. The number of ether oxygens (including phenoxy) is 1. The minimum atomic E-state index is -0.751. The first kappa shape index (κ1) is 14.6. The third kappa shape index (κ3) is 4.37. The maximum absolute atomic E-state index is 11.7. The summed E-state index contributed by atoms with van der Waals surface area (Å²) in [6.45, 7) is 1.66. The van der Waals surface area contributed by atoms with Crippen molar-refractivity contribution in [1.29, 1.82) is 0 Å². The van der Waals surface area contributed by atoms with Gasteiger partial charge >= 0.3 is 12.3 Å². The summed E-state index contributed by atoms with van der Waals surface area (Å²) >= 11 is 0. The molecule has 0 spiro atoms. The first-order chi connectivity index (χ1) is 9.06. The summed E-state index contributed by atoms with van der Waals surface area (Å²) in [4.78, 5) is 26.9. The summed E-state index contributed by atoms with van der Waals surface area (Å²) in [5, 5.41) is 0. The van der Waals surface area contributed by atoms with Crippen LogP contribution in [-0.4, -0.2) is 40.9 Å². The second-order valence-electron chi connectivity index (χ2n) is 3.97. The number of carbonyl (C=O) groups is 2. The molecule has 1 aromatic carbocycles. The standard InChI is InChI=1S/C13H15N3O3/c1-10(12(17)8-15-14)16(2)13(18)19-9-11-6-4-3-5-7-11/h3-8,10H,9H2,1-2H3/t10-/m0/s1. The van der Waals surface area contributed by atoms with Crippen LogP contribution < -0.4 is 0 Å². The molecule has 0 aliphatic rings. The molecule has 0 bridgehead atoms. The summed E-state index contributed by atoms with van der Waals surface area (Å²) < 4.78 is 5.07. The predicted molar refractivity (Wildman–Crippen MR) is 68.5 cm³/mol. The normalized spacial score (nSPS) is 11.1. The Balaban J connectivity index is 2.53. The van der Waals surface area contributed by atoms with Crippen LogP contribution in [0.15, 0.2) is 30.3 Å². The zero-order chi connectivity index (χ0) is 14.3. The molecule has 1 atom stereocenters. The molecule has 0 aliphatic carbocycles. The Morgan fingerprint density at radius 1 is 1.42 bits per heavy atom. The Morgan fingerprint density at radius 3 is 2.63 bits per heavy atom. The highest BCUT2D eigenvalue weighted by Gasteiger charge is 2.24. The largest absolute Gasteiger partial charge is 0.445 e. The number of amides is 1. The van der Waals surface area contributed by atoms with Crippen molar-refractivity contribution in [3.05, 3.63) is 41.4 Å². The molecule has 0 aliphatic heterocycles. The SMILES string of the molecule is C[C@@H](C(=O)C=[N+]=[N-])N(C)C(=O)OCc1ccccc1. The number of hydrogen-bond acceptors (Lipinski definition) is 3. The number of hydrogen-bond donors (Lipinski definition) is 0. The Kier molecular flexibility index (Phi) is 5.44. The van der Waals surface area contributed by atoms with E-state index in [1.165, 1.54) is 14.0 Å². The van der Waals surface area contributed by atoms with Crippen LogP contribution in [-0.2, 0) is 16.1 Å². The quantitative estimate of drug-likeness (QED) is 0.457. The molecule has 0 radical (unpaired) electrons. The van der Waals surface area contributed by atoms with E-state index in [2.05, 4.69) is 4.79 Å². The monoisotopic (exact) mass is 261 g/mol. The Morgan fingerprint density at radius 2 is 2.05 bits per heavy atom. The van der Waals surface area contributed by atoms with Crippen LogP contribution in [0.2, 0.25) is 0 Å². The molecule has 6 heteroatoms. The lowest BCUT2D eigenvalue weighted by Crippen LogP contribution is -2.41. The van der Waals surface area contributed by atoms with Crippen LogP contribution in [0.25, 0.3) is 5.53 Å². The van der Waals surface area contributed by atoms with E-state index in [1.54, 1.807) is 0 Å². The molecular formula is C13H15N3O3. The van der Waals surface area contributed by atoms with Crippen LogP contribution in [0.5, 0.6) is 0 Å². The third-order valence-electron chi connectivity index (χ3n) is 2.67. The van der Waals surface area contributed by atoms with Gasteiger partial charge in [0.25, 0.3) is 5.78 Å². The van der Waals surface area contributed by atoms with E-state index < -0.39 is 17.9 Å². The van der Waals surface area contributed by atoms with Crippen LogP contribution in [0.3, 0.4) is 0 Å².